The fourth-order valence-electron chi connectivity index (χ4n) is 2.82. The molecule has 22 heavy (non-hydrogen) atoms. The van der Waals surface area contributed by atoms with Crippen molar-refractivity contribution in [1.82, 2.24) is 10.1 Å². The van der Waals surface area contributed by atoms with Gasteiger partial charge in [-0.05, 0) is 30.9 Å². The molecule has 0 amide bonds. The number of halogens is 1. The van der Waals surface area contributed by atoms with Crippen LogP contribution in [0.4, 0.5) is 0 Å². The molecular formula is C16H22ClN3O2. The Hall–Kier alpha value is -1.59. The number of aromatic nitrogens is 2. The topological polar surface area (TPSA) is 74.2 Å². The number of aryl methyl sites for hydroxylation is 1. The first-order valence-electron chi connectivity index (χ1n) is 7.54. The molecular weight excluding hydrogens is 302 g/mol. The second kappa shape index (κ2) is 7.11. The summed E-state index contributed by atoms with van der Waals surface area (Å²) in [4.78, 5) is 4.41. The molecule has 0 radical (unpaired) electrons. The van der Waals surface area contributed by atoms with E-state index in [4.69, 9.17) is 15.0 Å². The Labute approximate surface area is 136 Å². The molecule has 1 fully saturated rings. The van der Waals surface area contributed by atoms with Crippen LogP contribution >= 0.6 is 12.4 Å². The molecule has 2 N–H and O–H groups in total. The molecule has 1 saturated carbocycles. The third-order valence-electron chi connectivity index (χ3n) is 4.11. The van der Waals surface area contributed by atoms with Gasteiger partial charge in [0, 0.05) is 0 Å². The minimum atomic E-state index is -0.414. The standard InChI is InChI=1S/C16H21N3O2.ClH/c1-2-12-7-3-4-8-13(12)20-11-14-18-15(19-21-14)16(17)9-5-6-10-16;/h3-4,7-8H,2,5-6,9-11,17H2,1H3;1H. The predicted molar refractivity (Wildman–Crippen MR) is 86.0 cm³/mol. The quantitative estimate of drug-likeness (QED) is 0.913. The van der Waals surface area contributed by atoms with Gasteiger partial charge in [-0.2, -0.15) is 4.98 Å². The Kier molecular flexibility index (Phi) is 5.42. The molecule has 6 heteroatoms. The minimum absolute atomic E-state index is 0. The smallest absolute Gasteiger partial charge is 0.264 e. The maximum Gasteiger partial charge on any atom is 0.264 e. The lowest BCUT2D eigenvalue weighted by atomic mass is 9.99. The highest BCUT2D eigenvalue weighted by atomic mass is 35.5. The van der Waals surface area contributed by atoms with Gasteiger partial charge in [-0.3, -0.25) is 0 Å². The van der Waals surface area contributed by atoms with Crippen LogP contribution in [-0.4, -0.2) is 10.1 Å². The molecule has 1 aromatic carbocycles. The number of hydrogen-bond donors (Lipinski definition) is 1. The van der Waals surface area contributed by atoms with E-state index in [1.165, 1.54) is 5.56 Å². The maximum absolute atomic E-state index is 6.32. The summed E-state index contributed by atoms with van der Waals surface area (Å²) in [6.45, 7) is 2.38. The third-order valence-corrected chi connectivity index (χ3v) is 4.11. The lowest BCUT2D eigenvalue weighted by Crippen LogP contribution is -2.34. The maximum atomic E-state index is 6.32. The zero-order valence-corrected chi connectivity index (χ0v) is 13.6. The summed E-state index contributed by atoms with van der Waals surface area (Å²) in [7, 11) is 0. The van der Waals surface area contributed by atoms with Crippen molar-refractivity contribution >= 4 is 12.4 Å². The van der Waals surface area contributed by atoms with Gasteiger partial charge in [0.25, 0.3) is 5.89 Å². The number of hydrogen-bond acceptors (Lipinski definition) is 5. The molecule has 0 spiro atoms. The van der Waals surface area contributed by atoms with E-state index < -0.39 is 5.54 Å². The van der Waals surface area contributed by atoms with Crippen LogP contribution in [0.25, 0.3) is 0 Å². The monoisotopic (exact) mass is 323 g/mol. The molecule has 0 saturated heterocycles. The summed E-state index contributed by atoms with van der Waals surface area (Å²) in [5.41, 5.74) is 7.08. The van der Waals surface area contributed by atoms with Crippen molar-refractivity contribution in [2.45, 2.75) is 51.2 Å². The van der Waals surface area contributed by atoms with Crippen molar-refractivity contribution in [3.63, 3.8) is 0 Å². The van der Waals surface area contributed by atoms with Crippen LogP contribution in [0.2, 0.25) is 0 Å². The van der Waals surface area contributed by atoms with Crippen molar-refractivity contribution in [3.8, 4) is 5.75 Å². The average Bonchev–Trinajstić information content (AvgIpc) is 3.15. The molecule has 3 rings (SSSR count). The fourth-order valence-corrected chi connectivity index (χ4v) is 2.82. The van der Waals surface area contributed by atoms with Crippen LogP contribution in [0.5, 0.6) is 5.75 Å². The van der Waals surface area contributed by atoms with E-state index in [2.05, 4.69) is 23.1 Å². The minimum Gasteiger partial charge on any atom is -0.483 e. The molecule has 120 valence electrons. The normalized spacial score (nSPS) is 16.3. The molecule has 0 atom stereocenters. The first-order valence-corrected chi connectivity index (χ1v) is 7.54. The van der Waals surface area contributed by atoms with Gasteiger partial charge in [0.2, 0.25) is 0 Å². The van der Waals surface area contributed by atoms with E-state index in [0.29, 0.717) is 11.7 Å². The largest absolute Gasteiger partial charge is 0.483 e. The van der Waals surface area contributed by atoms with E-state index in [1.807, 2.05) is 18.2 Å². The summed E-state index contributed by atoms with van der Waals surface area (Å²) in [5, 5.41) is 4.03. The van der Waals surface area contributed by atoms with Crippen LogP contribution in [0.1, 0.15) is 49.9 Å². The predicted octanol–water partition coefficient (Wildman–Crippen LogP) is 3.36. The van der Waals surface area contributed by atoms with E-state index in [-0.39, 0.29) is 19.0 Å². The summed E-state index contributed by atoms with van der Waals surface area (Å²) >= 11 is 0. The molecule has 0 aliphatic heterocycles. The van der Waals surface area contributed by atoms with Gasteiger partial charge in [-0.1, -0.05) is 43.1 Å². The van der Waals surface area contributed by atoms with Crippen LogP contribution < -0.4 is 10.5 Å². The zero-order chi connectivity index (χ0) is 14.7. The van der Waals surface area contributed by atoms with Gasteiger partial charge in [-0.15, -0.1) is 12.4 Å². The van der Waals surface area contributed by atoms with Crippen LogP contribution in [-0.2, 0) is 18.6 Å². The molecule has 0 unspecified atom stereocenters. The lowest BCUT2D eigenvalue weighted by molar-refractivity contribution is 0.240. The molecule has 0 bridgehead atoms. The summed E-state index contributed by atoms with van der Waals surface area (Å²) in [6.07, 6.45) is 5.02. The van der Waals surface area contributed by atoms with Crippen LogP contribution in [0, 0.1) is 0 Å². The molecule has 1 heterocycles. The average molecular weight is 324 g/mol. The number of nitrogens with two attached hydrogens (primary N) is 1. The van der Waals surface area contributed by atoms with E-state index in [9.17, 15) is 0 Å². The van der Waals surface area contributed by atoms with Crippen LogP contribution in [0.15, 0.2) is 28.8 Å². The number of para-hydroxylation sites is 1. The van der Waals surface area contributed by atoms with E-state index in [1.54, 1.807) is 0 Å². The van der Waals surface area contributed by atoms with Gasteiger partial charge >= 0.3 is 0 Å². The number of ether oxygens (including phenoxy) is 1. The Morgan fingerprint density at radius 1 is 1.27 bits per heavy atom. The Morgan fingerprint density at radius 3 is 2.73 bits per heavy atom. The molecule has 1 aliphatic carbocycles. The Balaban J connectivity index is 0.00000176. The van der Waals surface area contributed by atoms with Crippen molar-refractivity contribution in [2.75, 3.05) is 0 Å². The van der Waals surface area contributed by atoms with Crippen molar-refractivity contribution in [2.24, 2.45) is 5.73 Å². The van der Waals surface area contributed by atoms with Gasteiger partial charge in [0.05, 0.1) is 5.54 Å². The Bertz CT molecular complexity index is 609. The second-order valence-corrected chi connectivity index (χ2v) is 5.62. The van der Waals surface area contributed by atoms with Crippen LogP contribution in [0.3, 0.4) is 0 Å². The van der Waals surface area contributed by atoms with Crippen molar-refractivity contribution in [1.29, 1.82) is 0 Å². The summed E-state index contributed by atoms with van der Waals surface area (Å²) in [5.74, 6) is 1.96. The molecule has 2 aromatic rings. The summed E-state index contributed by atoms with van der Waals surface area (Å²) in [6, 6.07) is 7.98. The fraction of sp³-hybridized carbons (Fsp3) is 0.500. The molecule has 5 nitrogen and oxygen atoms in total. The van der Waals surface area contributed by atoms with Gasteiger partial charge in [0.15, 0.2) is 12.4 Å². The highest BCUT2D eigenvalue weighted by Crippen LogP contribution is 2.34. The van der Waals surface area contributed by atoms with E-state index in [0.717, 1.165) is 37.9 Å². The van der Waals surface area contributed by atoms with Gasteiger partial charge in [-0.25, -0.2) is 0 Å². The first-order chi connectivity index (χ1) is 10.2. The lowest BCUT2D eigenvalue weighted by Gasteiger charge is -2.17. The summed E-state index contributed by atoms with van der Waals surface area (Å²) < 4.78 is 11.1. The van der Waals surface area contributed by atoms with Gasteiger partial charge in [0.1, 0.15) is 5.75 Å². The number of benzene rings is 1. The second-order valence-electron chi connectivity index (χ2n) is 5.62. The zero-order valence-electron chi connectivity index (χ0n) is 12.7. The highest BCUT2D eigenvalue weighted by Gasteiger charge is 2.35. The highest BCUT2D eigenvalue weighted by molar-refractivity contribution is 5.85. The third kappa shape index (κ3) is 3.42. The number of nitrogens with zero attached hydrogens (tertiary/aromatic N) is 2. The number of rotatable bonds is 5. The van der Waals surface area contributed by atoms with E-state index >= 15 is 0 Å². The Morgan fingerprint density at radius 2 is 2.00 bits per heavy atom. The van der Waals surface area contributed by atoms with Crippen molar-refractivity contribution in [3.05, 3.63) is 41.5 Å². The SMILES string of the molecule is CCc1ccccc1OCc1nc(C2(N)CCCC2)no1.Cl. The van der Waals surface area contributed by atoms with Gasteiger partial charge < -0.3 is 15.0 Å². The molecule has 1 aromatic heterocycles. The molecule has 1 aliphatic rings. The van der Waals surface area contributed by atoms with Crippen molar-refractivity contribution < 1.29 is 9.26 Å². The first kappa shape index (κ1) is 16.8.